The Morgan fingerprint density at radius 3 is 2.53 bits per heavy atom. The molecule has 252 valence electrons. The number of halogens is 3. The first-order valence-corrected chi connectivity index (χ1v) is 16.1. The van der Waals surface area contributed by atoms with Gasteiger partial charge in [-0.15, -0.1) is 0 Å². The number of piperazine rings is 1. The number of nitrogens with zero attached hydrogens (tertiary/aromatic N) is 4. The first-order valence-electron chi connectivity index (χ1n) is 16.1. The van der Waals surface area contributed by atoms with Crippen molar-refractivity contribution >= 4 is 28.7 Å². The average Bonchev–Trinajstić information content (AvgIpc) is 3.49. The number of anilines is 3. The van der Waals surface area contributed by atoms with Crippen LogP contribution in [0.15, 0.2) is 79.1 Å². The SMILES string of the molecule is Cc1ccc(C(=O)Nc2ccc(CN3CCNCC3)c(C(F)(F)F)c2)cc1C#Cc1cnc2c(Nc3cccc(C(C)(C)C)n3)cccn12. The number of alkyl halides is 3. The molecular weight excluding hydrogens is 627 g/mol. The highest BCUT2D eigenvalue weighted by atomic mass is 19.4. The monoisotopic (exact) mass is 665 g/mol. The van der Waals surface area contributed by atoms with Crippen molar-refractivity contribution < 1.29 is 18.0 Å². The predicted molar refractivity (Wildman–Crippen MR) is 186 cm³/mol. The summed E-state index contributed by atoms with van der Waals surface area (Å²) in [4.78, 5) is 24.6. The molecule has 0 atom stereocenters. The quantitative estimate of drug-likeness (QED) is 0.167. The van der Waals surface area contributed by atoms with Crippen LogP contribution in [0.25, 0.3) is 5.65 Å². The third-order valence-electron chi connectivity index (χ3n) is 8.42. The van der Waals surface area contributed by atoms with Gasteiger partial charge in [-0.3, -0.25) is 14.1 Å². The number of carbonyl (C=O) groups is 1. The molecule has 3 N–H and O–H groups in total. The second kappa shape index (κ2) is 13.7. The van der Waals surface area contributed by atoms with Crippen molar-refractivity contribution in [2.45, 2.75) is 45.8 Å². The van der Waals surface area contributed by atoms with E-state index in [2.05, 4.69) is 53.5 Å². The molecule has 5 aromatic rings. The average molecular weight is 666 g/mol. The predicted octanol–water partition coefficient (Wildman–Crippen LogP) is 7.15. The Bertz CT molecular complexity index is 2060. The van der Waals surface area contributed by atoms with Crippen molar-refractivity contribution in [3.63, 3.8) is 0 Å². The van der Waals surface area contributed by atoms with E-state index >= 15 is 0 Å². The van der Waals surface area contributed by atoms with Crippen LogP contribution in [0.3, 0.4) is 0 Å². The molecule has 8 nitrogen and oxygen atoms in total. The molecule has 1 saturated heterocycles. The van der Waals surface area contributed by atoms with Crippen molar-refractivity contribution in [1.29, 1.82) is 0 Å². The first-order chi connectivity index (χ1) is 23.3. The van der Waals surface area contributed by atoms with Crippen molar-refractivity contribution in [3.8, 4) is 11.8 Å². The normalized spacial score (nSPS) is 13.9. The Balaban J connectivity index is 1.21. The van der Waals surface area contributed by atoms with Gasteiger partial charge >= 0.3 is 6.18 Å². The maximum absolute atomic E-state index is 14.0. The molecule has 0 unspecified atom stereocenters. The lowest BCUT2D eigenvalue weighted by molar-refractivity contribution is -0.138. The van der Waals surface area contributed by atoms with Gasteiger partial charge in [0.2, 0.25) is 0 Å². The molecule has 6 rings (SSSR count). The minimum Gasteiger partial charge on any atom is -0.337 e. The van der Waals surface area contributed by atoms with Crippen LogP contribution < -0.4 is 16.0 Å². The number of hydrogen-bond donors (Lipinski definition) is 3. The van der Waals surface area contributed by atoms with E-state index in [9.17, 15) is 18.0 Å². The summed E-state index contributed by atoms with van der Waals surface area (Å²) in [6, 6.07) is 18.7. The van der Waals surface area contributed by atoms with Gasteiger partial charge in [-0.2, -0.15) is 13.2 Å². The Morgan fingerprint density at radius 2 is 1.78 bits per heavy atom. The molecule has 4 heterocycles. The number of nitrogens with one attached hydrogen (secondary N) is 3. The highest BCUT2D eigenvalue weighted by Gasteiger charge is 2.34. The fraction of sp³-hybridized carbons (Fsp3) is 0.289. The fourth-order valence-electron chi connectivity index (χ4n) is 5.66. The van der Waals surface area contributed by atoms with Gasteiger partial charge in [-0.05, 0) is 72.5 Å². The van der Waals surface area contributed by atoms with Crippen LogP contribution in [-0.2, 0) is 18.1 Å². The summed E-state index contributed by atoms with van der Waals surface area (Å²) < 4.78 is 44.0. The number of aromatic nitrogens is 3. The van der Waals surface area contributed by atoms with E-state index in [1.165, 1.54) is 12.1 Å². The number of imidazole rings is 1. The van der Waals surface area contributed by atoms with Gasteiger partial charge in [0.05, 0.1) is 17.4 Å². The summed E-state index contributed by atoms with van der Waals surface area (Å²) in [5.74, 6) is 6.50. The molecule has 1 aliphatic heterocycles. The van der Waals surface area contributed by atoms with E-state index in [-0.39, 0.29) is 28.8 Å². The van der Waals surface area contributed by atoms with Crippen molar-refractivity contribution in [3.05, 3.63) is 118 Å². The molecule has 1 aliphatic rings. The van der Waals surface area contributed by atoms with Crippen LogP contribution in [-0.4, -0.2) is 51.4 Å². The lowest BCUT2D eigenvalue weighted by Crippen LogP contribution is -2.43. The molecule has 0 spiro atoms. The lowest BCUT2D eigenvalue weighted by Gasteiger charge is -2.28. The van der Waals surface area contributed by atoms with Crippen molar-refractivity contribution in [2.24, 2.45) is 0 Å². The zero-order valence-electron chi connectivity index (χ0n) is 27.9. The van der Waals surface area contributed by atoms with Crippen LogP contribution in [0.1, 0.15) is 64.8 Å². The molecule has 1 amide bonds. The zero-order valence-corrected chi connectivity index (χ0v) is 27.9. The molecule has 0 saturated carbocycles. The maximum atomic E-state index is 14.0. The number of benzene rings is 2. The number of carbonyl (C=O) groups excluding carboxylic acids is 1. The van der Waals surface area contributed by atoms with Gasteiger partial charge in [-0.1, -0.05) is 44.9 Å². The molecule has 0 radical (unpaired) electrons. The van der Waals surface area contributed by atoms with Crippen LogP contribution in [0.4, 0.5) is 30.4 Å². The summed E-state index contributed by atoms with van der Waals surface area (Å²) in [6.45, 7) is 11.2. The molecular formula is C38H38F3N7O. The largest absolute Gasteiger partial charge is 0.416 e. The van der Waals surface area contributed by atoms with Crippen molar-refractivity contribution in [1.82, 2.24) is 24.6 Å². The standard InChI is InChI=1S/C38H38F3N7O/c1-25-10-11-27(36(49)44-29-14-12-28(31(22-29)38(39,40)41)24-47-19-16-42-17-20-47)21-26(25)13-15-30-23-43-35-32(7-6-18-48(30)35)45-34-9-5-8-33(46-34)37(2,3)4/h5-12,14,18,21-23,42H,16-17,19-20,24H2,1-4H3,(H,44,49)(H,45,46). The van der Waals surface area contributed by atoms with Crippen LogP contribution in [0, 0.1) is 18.8 Å². The molecule has 0 bridgehead atoms. The highest BCUT2D eigenvalue weighted by molar-refractivity contribution is 6.04. The number of pyridine rings is 2. The van der Waals surface area contributed by atoms with Gasteiger partial charge in [0.25, 0.3) is 5.91 Å². The van der Waals surface area contributed by atoms with Gasteiger partial charge < -0.3 is 16.0 Å². The maximum Gasteiger partial charge on any atom is 0.416 e. The molecule has 0 aliphatic carbocycles. The third-order valence-corrected chi connectivity index (χ3v) is 8.42. The second-order valence-corrected chi connectivity index (χ2v) is 13.2. The Hall–Kier alpha value is -5.18. The lowest BCUT2D eigenvalue weighted by atomic mass is 9.92. The van der Waals surface area contributed by atoms with Crippen LogP contribution in [0.2, 0.25) is 0 Å². The Labute approximate surface area is 283 Å². The Kier molecular flexibility index (Phi) is 9.45. The van der Waals surface area contributed by atoms with E-state index in [1.807, 2.05) is 52.8 Å². The van der Waals surface area contributed by atoms with Crippen molar-refractivity contribution in [2.75, 3.05) is 36.8 Å². The second-order valence-electron chi connectivity index (χ2n) is 13.2. The van der Waals surface area contributed by atoms with E-state index < -0.39 is 17.6 Å². The van der Waals surface area contributed by atoms with Crippen LogP contribution >= 0.6 is 0 Å². The minimum absolute atomic E-state index is 0.0741. The number of rotatable bonds is 6. The van der Waals surface area contributed by atoms with E-state index in [4.69, 9.17) is 4.98 Å². The van der Waals surface area contributed by atoms with E-state index in [1.54, 1.807) is 24.4 Å². The number of fused-ring (bicyclic) bond motifs is 1. The van der Waals surface area contributed by atoms with Crippen LogP contribution in [0.5, 0.6) is 0 Å². The molecule has 3 aromatic heterocycles. The van der Waals surface area contributed by atoms with E-state index in [0.717, 1.165) is 36.1 Å². The van der Waals surface area contributed by atoms with Gasteiger partial charge in [0.15, 0.2) is 5.65 Å². The molecule has 11 heteroatoms. The first kappa shape index (κ1) is 33.7. The summed E-state index contributed by atoms with van der Waals surface area (Å²) in [5, 5.41) is 9.22. The summed E-state index contributed by atoms with van der Waals surface area (Å²) in [6.07, 6.45) is -1.00. The Morgan fingerprint density at radius 1 is 0.980 bits per heavy atom. The number of amides is 1. The number of aryl methyl sites for hydroxylation is 1. The molecule has 1 fully saturated rings. The zero-order chi connectivity index (χ0) is 34.8. The fourth-order valence-corrected chi connectivity index (χ4v) is 5.66. The smallest absolute Gasteiger partial charge is 0.337 e. The highest BCUT2D eigenvalue weighted by Crippen LogP contribution is 2.35. The molecule has 49 heavy (non-hydrogen) atoms. The number of hydrogen-bond acceptors (Lipinski definition) is 6. The summed E-state index contributed by atoms with van der Waals surface area (Å²) in [7, 11) is 0. The van der Waals surface area contributed by atoms with Gasteiger partial charge in [0, 0.05) is 66.8 Å². The minimum atomic E-state index is -4.56. The topological polar surface area (TPSA) is 86.6 Å². The summed E-state index contributed by atoms with van der Waals surface area (Å²) >= 11 is 0. The third kappa shape index (κ3) is 7.94. The van der Waals surface area contributed by atoms with Gasteiger partial charge in [0.1, 0.15) is 11.5 Å². The van der Waals surface area contributed by atoms with E-state index in [0.29, 0.717) is 35.8 Å². The van der Waals surface area contributed by atoms with Gasteiger partial charge in [-0.25, -0.2) is 9.97 Å². The molecule has 2 aromatic carbocycles. The summed E-state index contributed by atoms with van der Waals surface area (Å²) in [5.41, 5.74) is 4.22.